The number of rotatable bonds is 6. The Morgan fingerprint density at radius 2 is 2.25 bits per heavy atom. The van der Waals surface area contributed by atoms with Crippen molar-refractivity contribution < 1.29 is 4.79 Å². The van der Waals surface area contributed by atoms with E-state index in [0.717, 1.165) is 24.9 Å². The van der Waals surface area contributed by atoms with Crippen molar-refractivity contribution in [1.82, 2.24) is 9.78 Å². The van der Waals surface area contributed by atoms with Crippen molar-refractivity contribution in [3.05, 3.63) is 18.0 Å². The number of aromatic nitrogens is 2. The smallest absolute Gasteiger partial charge is 0.237 e. The topological polar surface area (TPSA) is 86.9 Å². The van der Waals surface area contributed by atoms with Crippen LogP contribution in [-0.4, -0.2) is 21.2 Å². The molecule has 0 spiro atoms. The molecule has 0 saturated carbocycles. The number of nitrogens with zero attached hydrogens (tertiary/aromatic N) is 2. The number of nitrogens with two attached hydrogens (primary N) is 2. The third kappa shape index (κ3) is 3.66. The lowest BCUT2D eigenvalue weighted by Gasteiger charge is -2.19. The first-order valence-electron chi connectivity index (χ1n) is 5.50. The number of hydrogen-bond donors (Lipinski definition) is 2. The number of carbonyl (C=O) groups excluding carboxylic acids is 1. The number of unbranched alkanes of at least 4 members (excludes halogenated alkanes) is 1. The molecule has 0 aromatic carbocycles. The Labute approximate surface area is 95.8 Å². The van der Waals surface area contributed by atoms with Gasteiger partial charge in [-0.15, -0.1) is 0 Å². The van der Waals surface area contributed by atoms with Crippen molar-refractivity contribution in [3.8, 4) is 0 Å². The maximum Gasteiger partial charge on any atom is 0.237 e. The summed E-state index contributed by atoms with van der Waals surface area (Å²) in [7, 11) is 0. The Bertz CT molecular complexity index is 357. The highest BCUT2D eigenvalue weighted by Crippen LogP contribution is 2.10. The molecule has 1 aromatic heterocycles. The van der Waals surface area contributed by atoms with Crippen molar-refractivity contribution in [1.29, 1.82) is 0 Å². The largest absolute Gasteiger partial charge is 0.368 e. The molecule has 0 saturated heterocycles. The summed E-state index contributed by atoms with van der Waals surface area (Å²) in [6.45, 7) is 4.53. The van der Waals surface area contributed by atoms with Crippen LogP contribution >= 0.6 is 0 Å². The van der Waals surface area contributed by atoms with Crippen LogP contribution in [0.4, 0.5) is 0 Å². The van der Waals surface area contributed by atoms with Gasteiger partial charge < -0.3 is 11.5 Å². The Kier molecular flexibility index (Phi) is 4.06. The molecule has 0 aliphatic carbocycles. The lowest BCUT2D eigenvalue weighted by molar-refractivity contribution is -0.122. The molecule has 0 radical (unpaired) electrons. The average Bonchev–Trinajstić information content (AvgIpc) is 2.59. The van der Waals surface area contributed by atoms with Gasteiger partial charge in [0.1, 0.15) is 0 Å². The summed E-state index contributed by atoms with van der Waals surface area (Å²) in [5.74, 6) is -0.442. The summed E-state index contributed by atoms with van der Waals surface area (Å²) in [4.78, 5) is 11.0. The van der Waals surface area contributed by atoms with Gasteiger partial charge in [-0.3, -0.25) is 9.48 Å². The monoisotopic (exact) mass is 224 g/mol. The van der Waals surface area contributed by atoms with E-state index in [1.54, 1.807) is 6.92 Å². The summed E-state index contributed by atoms with van der Waals surface area (Å²) in [6.07, 6.45) is 6.25. The standard InChI is InChI=1S/C11H20N4O/c1-9-7-14-15(8-9)6-4-3-5-11(2,13)10(12)16/h7-8H,3-6,13H2,1-2H3,(H2,12,16). The van der Waals surface area contributed by atoms with Gasteiger partial charge in [0.05, 0.1) is 11.7 Å². The molecule has 1 unspecified atom stereocenters. The van der Waals surface area contributed by atoms with Crippen LogP contribution in [0.1, 0.15) is 31.7 Å². The van der Waals surface area contributed by atoms with E-state index in [0.29, 0.717) is 6.42 Å². The average molecular weight is 224 g/mol. The van der Waals surface area contributed by atoms with Crippen molar-refractivity contribution in [2.45, 2.75) is 45.2 Å². The van der Waals surface area contributed by atoms with Crippen molar-refractivity contribution in [3.63, 3.8) is 0 Å². The van der Waals surface area contributed by atoms with Crippen LogP contribution in [0.25, 0.3) is 0 Å². The van der Waals surface area contributed by atoms with Crippen molar-refractivity contribution in [2.24, 2.45) is 11.5 Å². The van der Waals surface area contributed by atoms with E-state index in [4.69, 9.17) is 11.5 Å². The van der Waals surface area contributed by atoms with Crippen LogP contribution in [0, 0.1) is 6.92 Å². The molecule has 0 aliphatic rings. The zero-order valence-electron chi connectivity index (χ0n) is 9.94. The van der Waals surface area contributed by atoms with E-state index in [9.17, 15) is 4.79 Å². The van der Waals surface area contributed by atoms with Gasteiger partial charge in [0, 0.05) is 12.7 Å². The number of amides is 1. The molecule has 0 bridgehead atoms. The summed E-state index contributed by atoms with van der Waals surface area (Å²) in [5, 5.41) is 4.18. The van der Waals surface area contributed by atoms with E-state index in [1.165, 1.54) is 0 Å². The molecule has 1 atom stereocenters. The lowest BCUT2D eigenvalue weighted by Crippen LogP contribution is -2.49. The molecule has 1 rings (SSSR count). The molecular weight excluding hydrogens is 204 g/mol. The molecule has 1 aromatic rings. The van der Waals surface area contributed by atoms with E-state index in [1.807, 2.05) is 24.0 Å². The maximum absolute atomic E-state index is 11.0. The SMILES string of the molecule is Cc1cnn(CCCCC(C)(N)C(N)=O)c1. The fourth-order valence-electron chi connectivity index (χ4n) is 1.48. The molecule has 0 fully saturated rings. The quantitative estimate of drug-likeness (QED) is 0.692. The predicted octanol–water partition coefficient (Wildman–Crippen LogP) is 0.565. The normalized spacial score (nSPS) is 14.7. The van der Waals surface area contributed by atoms with Gasteiger partial charge in [-0.1, -0.05) is 0 Å². The maximum atomic E-state index is 11.0. The Hall–Kier alpha value is -1.36. The highest BCUT2D eigenvalue weighted by Gasteiger charge is 2.24. The minimum absolute atomic E-state index is 0.442. The van der Waals surface area contributed by atoms with Crippen LogP contribution in [0.3, 0.4) is 0 Å². The van der Waals surface area contributed by atoms with Crippen LogP contribution in [0.2, 0.25) is 0 Å². The van der Waals surface area contributed by atoms with Gasteiger partial charge in [-0.05, 0) is 38.7 Å². The molecule has 1 amide bonds. The van der Waals surface area contributed by atoms with E-state index in [-0.39, 0.29) is 0 Å². The second-order valence-corrected chi connectivity index (χ2v) is 4.52. The third-order valence-corrected chi connectivity index (χ3v) is 2.66. The first-order chi connectivity index (χ1) is 7.42. The zero-order valence-corrected chi connectivity index (χ0v) is 9.94. The summed E-state index contributed by atoms with van der Waals surface area (Å²) >= 11 is 0. The summed E-state index contributed by atoms with van der Waals surface area (Å²) < 4.78 is 1.90. The number of carbonyl (C=O) groups is 1. The van der Waals surface area contributed by atoms with Crippen LogP contribution in [0.5, 0.6) is 0 Å². The summed E-state index contributed by atoms with van der Waals surface area (Å²) in [5.41, 5.74) is 11.2. The highest BCUT2D eigenvalue weighted by molar-refractivity contribution is 5.83. The number of hydrogen-bond acceptors (Lipinski definition) is 3. The second kappa shape index (κ2) is 5.12. The van der Waals surface area contributed by atoms with Gasteiger partial charge in [0.25, 0.3) is 0 Å². The Morgan fingerprint density at radius 1 is 1.56 bits per heavy atom. The van der Waals surface area contributed by atoms with Crippen LogP contribution in [-0.2, 0) is 11.3 Å². The van der Waals surface area contributed by atoms with Gasteiger partial charge in [0.2, 0.25) is 5.91 Å². The van der Waals surface area contributed by atoms with Gasteiger partial charge in [-0.2, -0.15) is 5.10 Å². The van der Waals surface area contributed by atoms with Gasteiger partial charge in [-0.25, -0.2) is 0 Å². The van der Waals surface area contributed by atoms with E-state index >= 15 is 0 Å². The molecular formula is C11H20N4O. The van der Waals surface area contributed by atoms with E-state index in [2.05, 4.69) is 5.10 Å². The molecule has 16 heavy (non-hydrogen) atoms. The van der Waals surface area contributed by atoms with Crippen molar-refractivity contribution >= 4 is 5.91 Å². The predicted molar refractivity (Wildman–Crippen MR) is 62.6 cm³/mol. The fourth-order valence-corrected chi connectivity index (χ4v) is 1.48. The first kappa shape index (κ1) is 12.7. The van der Waals surface area contributed by atoms with Crippen LogP contribution < -0.4 is 11.5 Å². The number of primary amides is 1. The molecule has 4 N–H and O–H groups in total. The highest BCUT2D eigenvalue weighted by atomic mass is 16.1. The van der Waals surface area contributed by atoms with Gasteiger partial charge in [0.15, 0.2) is 0 Å². The molecule has 5 heteroatoms. The van der Waals surface area contributed by atoms with Crippen LogP contribution in [0.15, 0.2) is 12.4 Å². The van der Waals surface area contributed by atoms with Crippen molar-refractivity contribution in [2.75, 3.05) is 0 Å². The Morgan fingerprint density at radius 3 is 2.75 bits per heavy atom. The molecule has 5 nitrogen and oxygen atoms in total. The fraction of sp³-hybridized carbons (Fsp3) is 0.636. The minimum Gasteiger partial charge on any atom is -0.368 e. The Balaban J connectivity index is 2.24. The minimum atomic E-state index is -0.889. The molecule has 0 aliphatic heterocycles. The zero-order chi connectivity index (χ0) is 12.2. The van der Waals surface area contributed by atoms with E-state index < -0.39 is 11.4 Å². The van der Waals surface area contributed by atoms with Gasteiger partial charge >= 0.3 is 0 Å². The summed E-state index contributed by atoms with van der Waals surface area (Å²) in [6, 6.07) is 0. The first-order valence-corrected chi connectivity index (χ1v) is 5.50. The molecule has 1 heterocycles. The number of aryl methyl sites for hydroxylation is 2. The second-order valence-electron chi connectivity index (χ2n) is 4.52. The third-order valence-electron chi connectivity index (χ3n) is 2.66. The lowest BCUT2D eigenvalue weighted by atomic mass is 9.95. The molecule has 90 valence electrons.